The van der Waals surface area contributed by atoms with E-state index in [1.807, 2.05) is 25.2 Å². The second-order valence-electron chi connectivity index (χ2n) is 5.13. The van der Waals surface area contributed by atoms with E-state index >= 15 is 0 Å². The monoisotopic (exact) mass is 279 g/mol. The van der Waals surface area contributed by atoms with Crippen molar-refractivity contribution in [1.29, 1.82) is 0 Å². The van der Waals surface area contributed by atoms with Gasteiger partial charge in [0.25, 0.3) is 0 Å². The highest BCUT2D eigenvalue weighted by Gasteiger charge is 2.14. The van der Waals surface area contributed by atoms with Crippen LogP contribution in [0.1, 0.15) is 31.2 Å². The fourth-order valence-electron chi connectivity index (χ4n) is 2.50. The van der Waals surface area contributed by atoms with Crippen molar-refractivity contribution >= 4 is 0 Å². The summed E-state index contributed by atoms with van der Waals surface area (Å²) >= 11 is 0. The summed E-state index contributed by atoms with van der Waals surface area (Å²) in [4.78, 5) is 0. The van der Waals surface area contributed by atoms with Crippen molar-refractivity contribution in [1.82, 2.24) is 5.32 Å². The number of methoxy groups -OCH3 is 1. The van der Waals surface area contributed by atoms with Gasteiger partial charge in [0.15, 0.2) is 0 Å². The normalized spacial score (nSPS) is 18.2. The highest BCUT2D eigenvalue weighted by Crippen LogP contribution is 2.25. The van der Waals surface area contributed by atoms with Crippen LogP contribution < -0.4 is 14.8 Å². The molecule has 0 saturated carbocycles. The highest BCUT2D eigenvalue weighted by molar-refractivity contribution is 5.40. The summed E-state index contributed by atoms with van der Waals surface area (Å²) in [6.45, 7) is 2.45. The SMILES string of the molecule is CNCc1ccc(OC)cc1OCCCC1CCCO1. The molecule has 1 aliphatic heterocycles. The van der Waals surface area contributed by atoms with Crippen molar-refractivity contribution in [3.63, 3.8) is 0 Å². The molecular formula is C16H25NO3. The maximum absolute atomic E-state index is 5.92. The van der Waals surface area contributed by atoms with Crippen LogP contribution in [0.25, 0.3) is 0 Å². The Morgan fingerprint density at radius 2 is 2.30 bits per heavy atom. The second-order valence-corrected chi connectivity index (χ2v) is 5.13. The van der Waals surface area contributed by atoms with E-state index in [0.29, 0.717) is 6.10 Å². The van der Waals surface area contributed by atoms with Crippen LogP contribution in [0.4, 0.5) is 0 Å². The van der Waals surface area contributed by atoms with E-state index in [1.54, 1.807) is 7.11 Å². The highest BCUT2D eigenvalue weighted by atomic mass is 16.5. The summed E-state index contributed by atoms with van der Waals surface area (Å²) < 4.78 is 16.8. The van der Waals surface area contributed by atoms with Crippen LogP contribution in [0.5, 0.6) is 11.5 Å². The van der Waals surface area contributed by atoms with Crippen LogP contribution in [0.3, 0.4) is 0 Å². The fourth-order valence-corrected chi connectivity index (χ4v) is 2.50. The van der Waals surface area contributed by atoms with Gasteiger partial charge in [0.05, 0.1) is 19.8 Å². The van der Waals surface area contributed by atoms with E-state index in [-0.39, 0.29) is 0 Å². The molecular weight excluding hydrogens is 254 g/mol. The molecule has 20 heavy (non-hydrogen) atoms. The molecule has 0 bridgehead atoms. The van der Waals surface area contributed by atoms with Crippen LogP contribution in [0, 0.1) is 0 Å². The molecule has 1 N–H and O–H groups in total. The first-order valence-electron chi connectivity index (χ1n) is 7.39. The second kappa shape index (κ2) is 8.12. The molecule has 1 aromatic rings. The summed E-state index contributed by atoms with van der Waals surface area (Å²) in [5.74, 6) is 1.74. The predicted octanol–water partition coefficient (Wildman–Crippen LogP) is 2.75. The molecule has 1 aliphatic rings. The molecule has 0 aliphatic carbocycles. The fraction of sp³-hybridized carbons (Fsp3) is 0.625. The Hall–Kier alpha value is -1.26. The zero-order chi connectivity index (χ0) is 14.2. The molecule has 0 aromatic heterocycles. The first-order valence-corrected chi connectivity index (χ1v) is 7.39. The quantitative estimate of drug-likeness (QED) is 0.743. The summed E-state index contributed by atoms with van der Waals surface area (Å²) in [6, 6.07) is 5.97. The molecule has 1 atom stereocenters. The van der Waals surface area contributed by atoms with Crippen LogP contribution in [-0.2, 0) is 11.3 Å². The van der Waals surface area contributed by atoms with Gasteiger partial charge < -0.3 is 19.5 Å². The maximum atomic E-state index is 5.92. The molecule has 1 saturated heterocycles. The Morgan fingerprint density at radius 1 is 1.40 bits per heavy atom. The van der Waals surface area contributed by atoms with Crippen LogP contribution in [0.2, 0.25) is 0 Å². The molecule has 1 aromatic carbocycles. The van der Waals surface area contributed by atoms with Crippen LogP contribution >= 0.6 is 0 Å². The van der Waals surface area contributed by atoms with E-state index in [0.717, 1.165) is 49.7 Å². The molecule has 4 nitrogen and oxygen atoms in total. The Balaban J connectivity index is 1.82. The smallest absolute Gasteiger partial charge is 0.127 e. The van der Waals surface area contributed by atoms with Gasteiger partial charge in [-0.1, -0.05) is 6.07 Å². The third-order valence-corrected chi connectivity index (χ3v) is 3.59. The van der Waals surface area contributed by atoms with Gasteiger partial charge in [0.2, 0.25) is 0 Å². The molecule has 112 valence electrons. The lowest BCUT2D eigenvalue weighted by atomic mass is 10.1. The van der Waals surface area contributed by atoms with Crippen molar-refractivity contribution in [2.45, 2.75) is 38.3 Å². The topological polar surface area (TPSA) is 39.7 Å². The van der Waals surface area contributed by atoms with E-state index < -0.39 is 0 Å². The van der Waals surface area contributed by atoms with E-state index in [9.17, 15) is 0 Å². The molecule has 4 heteroatoms. The number of hydrogen-bond donors (Lipinski definition) is 1. The van der Waals surface area contributed by atoms with Crippen molar-refractivity contribution in [3.05, 3.63) is 23.8 Å². The number of rotatable bonds is 8. The zero-order valence-corrected chi connectivity index (χ0v) is 12.5. The molecule has 1 heterocycles. The van der Waals surface area contributed by atoms with E-state index in [2.05, 4.69) is 5.32 Å². The molecule has 0 amide bonds. The van der Waals surface area contributed by atoms with Gasteiger partial charge in [0.1, 0.15) is 11.5 Å². The molecule has 2 rings (SSSR count). The Labute approximate surface area is 121 Å². The number of ether oxygens (including phenoxy) is 3. The van der Waals surface area contributed by atoms with Crippen molar-refractivity contribution in [2.75, 3.05) is 27.4 Å². The first-order chi connectivity index (χ1) is 9.83. The van der Waals surface area contributed by atoms with Gasteiger partial charge in [-0.15, -0.1) is 0 Å². The van der Waals surface area contributed by atoms with E-state index in [1.165, 1.54) is 12.8 Å². The number of hydrogen-bond acceptors (Lipinski definition) is 4. The third-order valence-electron chi connectivity index (χ3n) is 3.59. The summed E-state index contributed by atoms with van der Waals surface area (Å²) in [6.07, 6.45) is 4.96. The standard InChI is InChI=1S/C16H25NO3/c1-17-12-13-7-8-15(18-2)11-16(13)20-10-4-6-14-5-3-9-19-14/h7-8,11,14,17H,3-6,9-10,12H2,1-2H3. The van der Waals surface area contributed by atoms with Crippen LogP contribution in [-0.4, -0.2) is 33.5 Å². The Bertz CT molecular complexity index is 403. The average Bonchev–Trinajstić information content (AvgIpc) is 2.98. The summed E-state index contributed by atoms with van der Waals surface area (Å²) in [5.41, 5.74) is 1.16. The van der Waals surface area contributed by atoms with Crippen molar-refractivity contribution in [2.24, 2.45) is 0 Å². The Morgan fingerprint density at radius 3 is 3.00 bits per heavy atom. The van der Waals surface area contributed by atoms with Gasteiger partial charge in [-0.3, -0.25) is 0 Å². The number of benzene rings is 1. The summed E-state index contributed by atoms with van der Waals surface area (Å²) in [5, 5.41) is 3.16. The van der Waals surface area contributed by atoms with Crippen molar-refractivity contribution < 1.29 is 14.2 Å². The summed E-state index contributed by atoms with van der Waals surface area (Å²) in [7, 11) is 3.61. The minimum Gasteiger partial charge on any atom is -0.497 e. The average molecular weight is 279 g/mol. The lowest BCUT2D eigenvalue weighted by Crippen LogP contribution is -2.10. The molecule has 1 unspecified atom stereocenters. The van der Waals surface area contributed by atoms with Gasteiger partial charge in [-0.2, -0.15) is 0 Å². The maximum Gasteiger partial charge on any atom is 0.127 e. The first kappa shape index (κ1) is 15.1. The minimum absolute atomic E-state index is 0.445. The van der Waals surface area contributed by atoms with E-state index in [4.69, 9.17) is 14.2 Å². The lowest BCUT2D eigenvalue weighted by molar-refractivity contribution is 0.0980. The molecule has 1 fully saturated rings. The predicted molar refractivity (Wildman–Crippen MR) is 79.5 cm³/mol. The van der Waals surface area contributed by atoms with Gasteiger partial charge in [-0.05, 0) is 38.8 Å². The van der Waals surface area contributed by atoms with Crippen LogP contribution in [0.15, 0.2) is 18.2 Å². The molecule has 0 radical (unpaired) electrons. The minimum atomic E-state index is 0.445. The Kier molecular flexibility index (Phi) is 6.15. The lowest BCUT2D eigenvalue weighted by Gasteiger charge is -2.14. The van der Waals surface area contributed by atoms with Crippen molar-refractivity contribution in [3.8, 4) is 11.5 Å². The van der Waals surface area contributed by atoms with Gasteiger partial charge in [-0.25, -0.2) is 0 Å². The van der Waals surface area contributed by atoms with Gasteiger partial charge >= 0.3 is 0 Å². The molecule has 0 spiro atoms. The van der Waals surface area contributed by atoms with Gasteiger partial charge in [0, 0.05) is 24.8 Å². The third kappa shape index (κ3) is 4.39. The zero-order valence-electron chi connectivity index (χ0n) is 12.5. The number of nitrogens with one attached hydrogen (secondary N) is 1. The largest absolute Gasteiger partial charge is 0.497 e.